The zero-order valence-electron chi connectivity index (χ0n) is 13.7. The van der Waals surface area contributed by atoms with Crippen LogP contribution in [0.4, 0.5) is 0 Å². The molecule has 0 aliphatic rings. The molecule has 126 valence electrons. The molecule has 1 aromatic heterocycles. The van der Waals surface area contributed by atoms with Crippen molar-refractivity contribution in [2.45, 2.75) is 6.61 Å². The van der Waals surface area contributed by atoms with Gasteiger partial charge in [0.25, 0.3) is 0 Å². The van der Waals surface area contributed by atoms with Gasteiger partial charge in [-0.05, 0) is 17.7 Å². The molecule has 3 aromatic rings. The van der Waals surface area contributed by atoms with Crippen molar-refractivity contribution in [3.63, 3.8) is 0 Å². The van der Waals surface area contributed by atoms with Gasteiger partial charge in [0.2, 0.25) is 5.91 Å². The molecule has 2 N–H and O–H groups in total. The number of aromatic nitrogens is 2. The standard InChI is InChI=1S/C19H17N3O3/c1-22-17(14-7-3-2-4-8-14)16(11-21-22)19(24)25-12-13-6-5-9-15(10-13)18(20)23/h2-11H,12H2,1H3,(H2,20,23). The lowest BCUT2D eigenvalue weighted by atomic mass is 10.1. The van der Waals surface area contributed by atoms with Gasteiger partial charge < -0.3 is 10.5 Å². The van der Waals surface area contributed by atoms with E-state index in [-0.39, 0.29) is 6.61 Å². The molecule has 0 aliphatic carbocycles. The van der Waals surface area contributed by atoms with Gasteiger partial charge in [-0.3, -0.25) is 9.48 Å². The van der Waals surface area contributed by atoms with E-state index in [0.717, 1.165) is 5.56 Å². The zero-order valence-corrected chi connectivity index (χ0v) is 13.7. The molecule has 25 heavy (non-hydrogen) atoms. The molecule has 6 nitrogen and oxygen atoms in total. The highest BCUT2D eigenvalue weighted by Crippen LogP contribution is 2.23. The highest BCUT2D eigenvalue weighted by atomic mass is 16.5. The van der Waals surface area contributed by atoms with Crippen molar-refractivity contribution < 1.29 is 14.3 Å². The molecule has 0 unspecified atom stereocenters. The summed E-state index contributed by atoms with van der Waals surface area (Å²) in [6.45, 7) is 0.0447. The van der Waals surface area contributed by atoms with E-state index >= 15 is 0 Å². The minimum Gasteiger partial charge on any atom is -0.457 e. The Morgan fingerprint density at radius 2 is 1.88 bits per heavy atom. The second-order valence-electron chi connectivity index (χ2n) is 5.54. The largest absolute Gasteiger partial charge is 0.457 e. The molecule has 0 aliphatic heterocycles. The van der Waals surface area contributed by atoms with Crippen LogP contribution in [0.25, 0.3) is 11.3 Å². The number of amides is 1. The number of esters is 1. The monoisotopic (exact) mass is 335 g/mol. The first-order valence-corrected chi connectivity index (χ1v) is 7.69. The first-order chi connectivity index (χ1) is 12.1. The van der Waals surface area contributed by atoms with Gasteiger partial charge in [-0.1, -0.05) is 42.5 Å². The van der Waals surface area contributed by atoms with Crippen LogP contribution in [0.15, 0.2) is 60.8 Å². The highest BCUT2D eigenvalue weighted by Gasteiger charge is 2.19. The van der Waals surface area contributed by atoms with Crippen molar-refractivity contribution in [2.75, 3.05) is 0 Å². The Morgan fingerprint density at radius 3 is 2.60 bits per heavy atom. The number of hydrogen-bond donors (Lipinski definition) is 1. The number of ether oxygens (including phenoxy) is 1. The molecule has 0 bridgehead atoms. The van der Waals surface area contributed by atoms with Crippen molar-refractivity contribution >= 4 is 11.9 Å². The lowest BCUT2D eigenvalue weighted by Gasteiger charge is -2.08. The number of rotatable bonds is 5. The molecule has 2 aromatic carbocycles. The molecular formula is C19H17N3O3. The van der Waals surface area contributed by atoms with Crippen LogP contribution in [0.2, 0.25) is 0 Å². The number of primary amides is 1. The summed E-state index contributed by atoms with van der Waals surface area (Å²) in [5, 5.41) is 4.16. The molecule has 0 fully saturated rings. The molecule has 0 radical (unpaired) electrons. The Morgan fingerprint density at radius 1 is 1.12 bits per heavy atom. The summed E-state index contributed by atoms with van der Waals surface area (Å²) in [7, 11) is 1.77. The number of carbonyl (C=O) groups excluding carboxylic acids is 2. The van der Waals surface area contributed by atoms with Crippen molar-refractivity contribution in [1.82, 2.24) is 9.78 Å². The summed E-state index contributed by atoms with van der Waals surface area (Å²) in [4.78, 5) is 23.7. The fraction of sp³-hybridized carbons (Fsp3) is 0.105. The van der Waals surface area contributed by atoms with Crippen LogP contribution in [0.3, 0.4) is 0 Å². The van der Waals surface area contributed by atoms with E-state index in [1.165, 1.54) is 6.20 Å². The Bertz CT molecular complexity index is 917. The minimum absolute atomic E-state index is 0.0447. The zero-order chi connectivity index (χ0) is 17.8. The van der Waals surface area contributed by atoms with Gasteiger partial charge in [-0.15, -0.1) is 0 Å². The van der Waals surface area contributed by atoms with E-state index in [9.17, 15) is 9.59 Å². The molecule has 0 atom stereocenters. The summed E-state index contributed by atoms with van der Waals surface area (Å²) in [6, 6.07) is 16.2. The summed E-state index contributed by atoms with van der Waals surface area (Å²) in [5.74, 6) is -0.997. The number of benzene rings is 2. The van der Waals surface area contributed by atoms with Crippen LogP contribution >= 0.6 is 0 Å². The third-order valence-electron chi connectivity index (χ3n) is 3.79. The van der Waals surface area contributed by atoms with Crippen LogP contribution in [0.1, 0.15) is 26.3 Å². The van der Waals surface area contributed by atoms with Crippen LogP contribution in [-0.4, -0.2) is 21.7 Å². The normalized spacial score (nSPS) is 10.4. The molecule has 1 amide bonds. The predicted octanol–water partition coefficient (Wildman–Crippen LogP) is 2.54. The number of nitrogens with zero attached hydrogens (tertiary/aromatic N) is 2. The summed E-state index contributed by atoms with van der Waals surface area (Å²) >= 11 is 0. The van der Waals surface area contributed by atoms with Crippen molar-refractivity contribution in [3.05, 3.63) is 77.5 Å². The third-order valence-corrected chi connectivity index (χ3v) is 3.79. The fourth-order valence-corrected chi connectivity index (χ4v) is 2.57. The maximum Gasteiger partial charge on any atom is 0.342 e. The van der Waals surface area contributed by atoms with Gasteiger partial charge in [0.1, 0.15) is 12.2 Å². The van der Waals surface area contributed by atoms with E-state index in [1.807, 2.05) is 30.3 Å². The first-order valence-electron chi connectivity index (χ1n) is 7.69. The molecule has 0 saturated carbocycles. The maximum atomic E-state index is 12.5. The van der Waals surface area contributed by atoms with Gasteiger partial charge in [0, 0.05) is 18.2 Å². The van der Waals surface area contributed by atoms with Crippen LogP contribution in [0, 0.1) is 0 Å². The van der Waals surface area contributed by atoms with Crippen molar-refractivity contribution in [1.29, 1.82) is 0 Å². The second kappa shape index (κ2) is 7.00. The van der Waals surface area contributed by atoms with Gasteiger partial charge in [-0.25, -0.2) is 4.79 Å². The molecule has 0 saturated heterocycles. The molecule has 1 heterocycles. The molecule has 6 heteroatoms. The maximum absolute atomic E-state index is 12.5. The average molecular weight is 335 g/mol. The van der Waals surface area contributed by atoms with E-state index in [0.29, 0.717) is 22.4 Å². The van der Waals surface area contributed by atoms with Crippen molar-refractivity contribution in [3.8, 4) is 11.3 Å². The Balaban J connectivity index is 1.79. The van der Waals surface area contributed by atoms with Gasteiger partial charge in [0.15, 0.2) is 0 Å². The topological polar surface area (TPSA) is 87.2 Å². The van der Waals surface area contributed by atoms with Gasteiger partial charge in [0.05, 0.1) is 11.9 Å². The summed E-state index contributed by atoms with van der Waals surface area (Å²) in [5.41, 5.74) is 8.28. The number of aryl methyl sites for hydroxylation is 1. The van der Waals surface area contributed by atoms with Crippen LogP contribution in [0.5, 0.6) is 0 Å². The molecular weight excluding hydrogens is 318 g/mol. The number of hydrogen-bond acceptors (Lipinski definition) is 4. The van der Waals surface area contributed by atoms with E-state index in [4.69, 9.17) is 10.5 Å². The quantitative estimate of drug-likeness (QED) is 0.726. The van der Waals surface area contributed by atoms with E-state index < -0.39 is 11.9 Å². The van der Waals surface area contributed by atoms with Gasteiger partial charge in [-0.2, -0.15) is 5.10 Å². The predicted molar refractivity (Wildman–Crippen MR) is 92.7 cm³/mol. The summed E-state index contributed by atoms with van der Waals surface area (Å²) in [6.07, 6.45) is 1.49. The smallest absolute Gasteiger partial charge is 0.342 e. The highest BCUT2D eigenvalue weighted by molar-refractivity contribution is 5.96. The average Bonchev–Trinajstić information content (AvgIpc) is 3.02. The Hall–Kier alpha value is -3.41. The van der Waals surface area contributed by atoms with Crippen LogP contribution in [-0.2, 0) is 18.4 Å². The SMILES string of the molecule is Cn1ncc(C(=O)OCc2cccc(C(N)=O)c2)c1-c1ccccc1. The van der Waals surface area contributed by atoms with Crippen molar-refractivity contribution in [2.24, 2.45) is 12.8 Å². The van der Waals surface area contributed by atoms with Gasteiger partial charge >= 0.3 is 5.97 Å². The molecule has 0 spiro atoms. The molecule has 3 rings (SSSR count). The van der Waals surface area contributed by atoms with E-state index in [1.54, 1.807) is 36.0 Å². The number of nitrogens with two attached hydrogens (primary N) is 1. The lowest BCUT2D eigenvalue weighted by molar-refractivity contribution is 0.0473. The summed E-state index contributed by atoms with van der Waals surface area (Å²) < 4.78 is 7.02. The lowest BCUT2D eigenvalue weighted by Crippen LogP contribution is -2.11. The third kappa shape index (κ3) is 3.58. The minimum atomic E-state index is -0.521. The number of carbonyl (C=O) groups is 2. The first kappa shape index (κ1) is 16.4. The fourth-order valence-electron chi connectivity index (χ4n) is 2.57. The van der Waals surface area contributed by atoms with Crippen LogP contribution < -0.4 is 5.73 Å². The van der Waals surface area contributed by atoms with E-state index in [2.05, 4.69) is 5.10 Å². The Labute approximate surface area is 144 Å². The Kier molecular flexibility index (Phi) is 4.61. The second-order valence-corrected chi connectivity index (χ2v) is 5.54.